The number of amides is 2. The maximum atomic E-state index is 12.9. The van der Waals surface area contributed by atoms with Crippen LogP contribution in [-0.2, 0) is 9.59 Å². The summed E-state index contributed by atoms with van der Waals surface area (Å²) in [5, 5.41) is 15.1. The summed E-state index contributed by atoms with van der Waals surface area (Å²) >= 11 is 3.25. The number of hydrazone groups is 1. The van der Waals surface area contributed by atoms with Gasteiger partial charge in [0.2, 0.25) is 0 Å². The normalized spacial score (nSPS) is 36.6. The Labute approximate surface area is 158 Å². The van der Waals surface area contributed by atoms with Crippen LogP contribution in [0, 0.1) is 35.5 Å². The second kappa shape index (κ2) is 5.42. The van der Waals surface area contributed by atoms with E-state index in [2.05, 4.69) is 33.2 Å². The van der Waals surface area contributed by atoms with Gasteiger partial charge in [-0.25, -0.2) is 0 Å². The number of halogens is 1. The van der Waals surface area contributed by atoms with Crippen LogP contribution in [0.15, 0.2) is 33.9 Å². The minimum absolute atomic E-state index is 0.00845. The van der Waals surface area contributed by atoms with Crippen molar-refractivity contribution in [2.75, 3.05) is 7.11 Å². The number of phenols is 1. The van der Waals surface area contributed by atoms with E-state index >= 15 is 0 Å². The van der Waals surface area contributed by atoms with Crippen molar-refractivity contribution in [2.45, 2.75) is 6.42 Å². The molecule has 2 amide bonds. The van der Waals surface area contributed by atoms with Crippen molar-refractivity contribution in [1.82, 2.24) is 5.01 Å². The van der Waals surface area contributed by atoms with E-state index in [1.54, 1.807) is 12.1 Å². The van der Waals surface area contributed by atoms with Gasteiger partial charge in [0.05, 0.1) is 29.6 Å². The van der Waals surface area contributed by atoms with Crippen LogP contribution >= 0.6 is 15.9 Å². The third kappa shape index (κ3) is 2.06. The molecule has 3 fully saturated rings. The Bertz CT molecular complexity index is 860. The molecule has 1 heterocycles. The van der Waals surface area contributed by atoms with Crippen molar-refractivity contribution >= 4 is 34.0 Å². The van der Waals surface area contributed by atoms with Crippen molar-refractivity contribution in [3.05, 3.63) is 34.3 Å². The first-order valence-electron chi connectivity index (χ1n) is 8.68. The van der Waals surface area contributed by atoms with Crippen LogP contribution in [0.5, 0.6) is 11.5 Å². The number of carbonyl (C=O) groups excluding carboxylic acids is 2. The Morgan fingerprint density at radius 1 is 1.19 bits per heavy atom. The van der Waals surface area contributed by atoms with Crippen molar-refractivity contribution in [3.8, 4) is 11.5 Å². The highest BCUT2D eigenvalue weighted by Gasteiger charge is 2.67. The lowest BCUT2D eigenvalue weighted by atomic mass is 9.63. The highest BCUT2D eigenvalue weighted by molar-refractivity contribution is 9.10. The van der Waals surface area contributed by atoms with Gasteiger partial charge in [-0.2, -0.15) is 10.1 Å². The minimum Gasteiger partial charge on any atom is -0.503 e. The number of methoxy groups -OCH3 is 1. The predicted octanol–water partition coefficient (Wildman–Crippen LogP) is 2.55. The predicted molar refractivity (Wildman–Crippen MR) is 96.5 cm³/mol. The lowest BCUT2D eigenvalue weighted by molar-refractivity contribution is -0.140. The van der Waals surface area contributed by atoms with Gasteiger partial charge in [0.25, 0.3) is 11.8 Å². The monoisotopic (exact) mass is 416 g/mol. The molecule has 4 aliphatic carbocycles. The molecule has 7 heteroatoms. The lowest BCUT2D eigenvalue weighted by Gasteiger charge is -2.37. The summed E-state index contributed by atoms with van der Waals surface area (Å²) in [6.45, 7) is 0. The fourth-order valence-electron chi connectivity index (χ4n) is 5.00. The van der Waals surface area contributed by atoms with E-state index in [4.69, 9.17) is 4.74 Å². The maximum Gasteiger partial charge on any atom is 0.254 e. The largest absolute Gasteiger partial charge is 0.503 e. The molecule has 1 aromatic carbocycles. The number of hydrogen-bond donors (Lipinski definition) is 1. The fraction of sp³-hybridized carbons (Fsp3) is 0.421. The molecule has 1 N–H and O–H groups in total. The van der Waals surface area contributed by atoms with Crippen molar-refractivity contribution in [3.63, 3.8) is 0 Å². The topological polar surface area (TPSA) is 79.2 Å². The first-order valence-corrected chi connectivity index (χ1v) is 9.47. The number of nitrogens with zero attached hydrogens (tertiary/aromatic N) is 2. The van der Waals surface area contributed by atoms with Gasteiger partial charge in [0, 0.05) is 0 Å². The summed E-state index contributed by atoms with van der Waals surface area (Å²) in [5.41, 5.74) is 0.617. The third-order valence-electron chi connectivity index (χ3n) is 6.23. The Balaban J connectivity index is 1.44. The Morgan fingerprint density at radius 2 is 1.81 bits per heavy atom. The van der Waals surface area contributed by atoms with Crippen LogP contribution < -0.4 is 4.74 Å². The molecule has 5 aliphatic rings. The number of allylic oxidation sites excluding steroid dienone is 2. The Kier molecular flexibility index (Phi) is 3.35. The Hall–Kier alpha value is -2.15. The van der Waals surface area contributed by atoms with Crippen LogP contribution in [0.25, 0.3) is 0 Å². The van der Waals surface area contributed by atoms with Crippen molar-refractivity contribution < 1.29 is 19.4 Å². The highest BCUT2D eigenvalue weighted by atomic mass is 79.9. The number of benzene rings is 1. The first-order chi connectivity index (χ1) is 12.5. The summed E-state index contributed by atoms with van der Waals surface area (Å²) in [6.07, 6.45) is 6.87. The zero-order valence-corrected chi connectivity index (χ0v) is 15.6. The van der Waals surface area contributed by atoms with E-state index in [0.29, 0.717) is 21.9 Å². The van der Waals surface area contributed by atoms with Gasteiger partial charge in [0.1, 0.15) is 0 Å². The molecule has 1 aliphatic heterocycles. The molecule has 0 spiro atoms. The second-order valence-corrected chi connectivity index (χ2v) is 8.30. The number of imide groups is 1. The van der Waals surface area contributed by atoms with Crippen LogP contribution in [0.3, 0.4) is 0 Å². The number of hydrogen-bond acceptors (Lipinski definition) is 5. The summed E-state index contributed by atoms with van der Waals surface area (Å²) < 4.78 is 5.57. The van der Waals surface area contributed by atoms with E-state index < -0.39 is 0 Å². The highest BCUT2D eigenvalue weighted by Crippen LogP contribution is 2.65. The average Bonchev–Trinajstić information content (AvgIpc) is 3.41. The number of phenolic OH excluding ortho intramolecular Hbond substituents is 1. The van der Waals surface area contributed by atoms with Gasteiger partial charge in [-0.05, 0) is 63.7 Å². The molecule has 6 atom stereocenters. The van der Waals surface area contributed by atoms with Crippen LogP contribution in [0.1, 0.15) is 12.0 Å². The zero-order chi connectivity index (χ0) is 18.2. The molecule has 26 heavy (non-hydrogen) atoms. The summed E-state index contributed by atoms with van der Waals surface area (Å²) in [4.78, 5) is 25.7. The summed E-state index contributed by atoms with van der Waals surface area (Å²) in [5.74, 6) is 0.926. The molecule has 1 aromatic rings. The SMILES string of the molecule is COc1cc(/C=N/N2C(=O)[C@@H]3[C@@H]4C=C[C@@H]([C@@H]5C[C@H]45)[C@@H]3C2=O)cc(Br)c1O. The quantitative estimate of drug-likeness (QED) is 0.466. The fourth-order valence-corrected chi connectivity index (χ4v) is 5.46. The van der Waals surface area contributed by atoms with Crippen LogP contribution in [-0.4, -0.2) is 35.3 Å². The number of ether oxygens (including phenoxy) is 1. The van der Waals surface area contributed by atoms with E-state index in [-0.39, 0.29) is 47.0 Å². The smallest absolute Gasteiger partial charge is 0.254 e. The molecule has 6 nitrogen and oxygen atoms in total. The third-order valence-corrected chi connectivity index (χ3v) is 6.84. The molecule has 1 saturated heterocycles. The zero-order valence-electron chi connectivity index (χ0n) is 14.0. The molecule has 0 aromatic heterocycles. The van der Waals surface area contributed by atoms with E-state index in [1.807, 2.05) is 0 Å². The van der Waals surface area contributed by atoms with Gasteiger partial charge in [-0.15, -0.1) is 0 Å². The molecular weight excluding hydrogens is 400 g/mol. The molecule has 134 valence electrons. The van der Waals surface area contributed by atoms with Gasteiger partial charge in [-0.1, -0.05) is 12.2 Å². The van der Waals surface area contributed by atoms with Crippen LogP contribution in [0.4, 0.5) is 0 Å². The first kappa shape index (κ1) is 16.1. The van der Waals surface area contributed by atoms with E-state index in [0.717, 1.165) is 11.4 Å². The average molecular weight is 417 g/mol. The number of aromatic hydroxyl groups is 1. The lowest BCUT2D eigenvalue weighted by Crippen LogP contribution is -2.40. The Morgan fingerprint density at radius 3 is 2.38 bits per heavy atom. The molecule has 0 radical (unpaired) electrons. The number of rotatable bonds is 3. The second-order valence-electron chi connectivity index (χ2n) is 7.44. The maximum absolute atomic E-state index is 12.9. The van der Waals surface area contributed by atoms with Gasteiger partial charge in [-0.3, -0.25) is 9.59 Å². The molecule has 2 saturated carbocycles. The van der Waals surface area contributed by atoms with Crippen molar-refractivity contribution in [1.29, 1.82) is 0 Å². The molecule has 2 bridgehead atoms. The van der Waals surface area contributed by atoms with E-state index in [9.17, 15) is 14.7 Å². The molecular formula is C19H17BrN2O4. The summed E-state index contributed by atoms with van der Waals surface area (Å²) in [6, 6.07) is 3.25. The van der Waals surface area contributed by atoms with Crippen molar-refractivity contribution in [2.24, 2.45) is 40.6 Å². The summed E-state index contributed by atoms with van der Waals surface area (Å²) in [7, 11) is 1.45. The number of carbonyl (C=O) groups is 2. The van der Waals surface area contributed by atoms with Crippen LogP contribution in [0.2, 0.25) is 0 Å². The van der Waals surface area contributed by atoms with Gasteiger partial charge in [0.15, 0.2) is 11.5 Å². The standard InChI is InChI=1S/C19H17BrN2O4/c1-26-14-5-8(4-13(20)17(14)23)7-21-22-18(24)15-9-2-3-10(12-6-11(9)12)16(15)19(22)25/h2-5,7,9-12,15-16,23H,6H2,1H3/b21-7+/t9-,10+,11-,12+,15-,16+. The van der Waals surface area contributed by atoms with Gasteiger partial charge >= 0.3 is 0 Å². The van der Waals surface area contributed by atoms with E-state index in [1.165, 1.54) is 13.3 Å². The van der Waals surface area contributed by atoms with Gasteiger partial charge < -0.3 is 9.84 Å². The minimum atomic E-state index is -0.250. The molecule has 6 rings (SSSR count). The molecule has 0 unspecified atom stereocenters.